The van der Waals surface area contributed by atoms with Crippen molar-refractivity contribution < 1.29 is 18.4 Å². The standard InChI is InChI=1S/C20H21N5O4/c1-14-22-16(19(26)21-13-15-4-2-10-28-15)12-18(23-14)24-6-8-25(9-7-24)20(27)17-5-3-11-29-17/h2-5,10-12H,6-9,13H2,1H3,(H,21,26). The lowest BCUT2D eigenvalue weighted by Gasteiger charge is -2.35. The Morgan fingerprint density at radius 2 is 1.83 bits per heavy atom. The number of anilines is 1. The first kappa shape index (κ1) is 18.7. The first-order valence-corrected chi connectivity index (χ1v) is 9.34. The summed E-state index contributed by atoms with van der Waals surface area (Å²) in [6.07, 6.45) is 3.05. The Morgan fingerprint density at radius 3 is 2.52 bits per heavy atom. The number of amides is 2. The number of aromatic nitrogens is 2. The first-order valence-electron chi connectivity index (χ1n) is 9.34. The van der Waals surface area contributed by atoms with Crippen LogP contribution in [0.15, 0.2) is 51.7 Å². The summed E-state index contributed by atoms with van der Waals surface area (Å²) in [5.41, 5.74) is 0.299. The van der Waals surface area contributed by atoms with Crippen LogP contribution in [0.1, 0.15) is 32.6 Å². The van der Waals surface area contributed by atoms with E-state index in [1.165, 1.54) is 6.26 Å². The van der Waals surface area contributed by atoms with Gasteiger partial charge < -0.3 is 24.0 Å². The third-order valence-electron chi connectivity index (χ3n) is 4.68. The molecule has 4 rings (SSSR count). The molecular formula is C20H21N5O4. The Balaban J connectivity index is 1.40. The molecule has 9 nitrogen and oxygen atoms in total. The average Bonchev–Trinajstić information content (AvgIpc) is 3.45. The van der Waals surface area contributed by atoms with Gasteiger partial charge in [-0.15, -0.1) is 0 Å². The number of carbonyl (C=O) groups is 2. The lowest BCUT2D eigenvalue weighted by molar-refractivity contribution is 0.0714. The Bertz CT molecular complexity index is 976. The number of aryl methyl sites for hydroxylation is 1. The van der Waals surface area contributed by atoms with Gasteiger partial charge in [0.1, 0.15) is 23.1 Å². The predicted molar refractivity (Wildman–Crippen MR) is 103 cm³/mol. The molecule has 1 N–H and O–H groups in total. The van der Waals surface area contributed by atoms with Crippen molar-refractivity contribution in [1.82, 2.24) is 20.2 Å². The minimum absolute atomic E-state index is 0.119. The molecule has 29 heavy (non-hydrogen) atoms. The number of hydrogen-bond acceptors (Lipinski definition) is 7. The summed E-state index contributed by atoms with van der Waals surface area (Å²) in [7, 11) is 0. The number of rotatable bonds is 5. The second-order valence-corrected chi connectivity index (χ2v) is 6.68. The quantitative estimate of drug-likeness (QED) is 0.703. The zero-order valence-corrected chi connectivity index (χ0v) is 16.0. The Labute approximate surface area is 167 Å². The van der Waals surface area contributed by atoms with Gasteiger partial charge in [0.25, 0.3) is 11.8 Å². The zero-order chi connectivity index (χ0) is 20.2. The summed E-state index contributed by atoms with van der Waals surface area (Å²) in [4.78, 5) is 37.4. The van der Waals surface area contributed by atoms with E-state index in [4.69, 9.17) is 8.83 Å². The van der Waals surface area contributed by atoms with E-state index in [9.17, 15) is 9.59 Å². The van der Waals surface area contributed by atoms with Crippen LogP contribution < -0.4 is 10.2 Å². The van der Waals surface area contributed by atoms with Gasteiger partial charge in [0.15, 0.2) is 5.76 Å². The van der Waals surface area contributed by atoms with Crippen molar-refractivity contribution in [3.8, 4) is 0 Å². The molecule has 150 valence electrons. The zero-order valence-electron chi connectivity index (χ0n) is 16.0. The van der Waals surface area contributed by atoms with E-state index in [0.717, 1.165) is 0 Å². The lowest BCUT2D eigenvalue weighted by Crippen LogP contribution is -2.49. The third-order valence-corrected chi connectivity index (χ3v) is 4.68. The highest BCUT2D eigenvalue weighted by atomic mass is 16.3. The molecule has 4 heterocycles. The van der Waals surface area contributed by atoms with E-state index in [2.05, 4.69) is 15.3 Å². The summed E-state index contributed by atoms with van der Waals surface area (Å²) in [5, 5.41) is 2.79. The highest BCUT2D eigenvalue weighted by Gasteiger charge is 2.25. The van der Waals surface area contributed by atoms with Gasteiger partial charge in [-0.1, -0.05) is 0 Å². The molecule has 2 amide bonds. The molecule has 1 aliphatic rings. The highest BCUT2D eigenvalue weighted by Crippen LogP contribution is 2.17. The molecule has 0 saturated carbocycles. The van der Waals surface area contributed by atoms with E-state index in [-0.39, 0.29) is 18.4 Å². The molecule has 0 unspecified atom stereocenters. The number of carbonyl (C=O) groups excluding carboxylic acids is 2. The number of hydrogen-bond donors (Lipinski definition) is 1. The Morgan fingerprint density at radius 1 is 1.07 bits per heavy atom. The molecule has 3 aromatic rings. The van der Waals surface area contributed by atoms with Crippen LogP contribution >= 0.6 is 0 Å². The van der Waals surface area contributed by atoms with Gasteiger partial charge in [-0.2, -0.15) is 0 Å². The van der Waals surface area contributed by atoms with Crippen molar-refractivity contribution >= 4 is 17.6 Å². The number of nitrogens with zero attached hydrogens (tertiary/aromatic N) is 4. The molecule has 0 aliphatic carbocycles. The fourth-order valence-corrected chi connectivity index (χ4v) is 3.20. The minimum Gasteiger partial charge on any atom is -0.467 e. The maximum absolute atomic E-state index is 12.5. The molecule has 0 aromatic carbocycles. The predicted octanol–water partition coefficient (Wildman–Crippen LogP) is 1.86. The fraction of sp³-hybridized carbons (Fsp3) is 0.300. The second-order valence-electron chi connectivity index (χ2n) is 6.68. The van der Waals surface area contributed by atoms with Gasteiger partial charge in [0.2, 0.25) is 0 Å². The van der Waals surface area contributed by atoms with Crippen LogP contribution in [0.5, 0.6) is 0 Å². The van der Waals surface area contributed by atoms with Gasteiger partial charge >= 0.3 is 0 Å². The fourth-order valence-electron chi connectivity index (χ4n) is 3.20. The third kappa shape index (κ3) is 4.29. The summed E-state index contributed by atoms with van der Waals surface area (Å²) < 4.78 is 10.4. The number of nitrogens with one attached hydrogen (secondary N) is 1. The SMILES string of the molecule is Cc1nc(C(=O)NCc2ccco2)cc(N2CCN(C(=O)c3ccco3)CC2)n1. The summed E-state index contributed by atoms with van der Waals surface area (Å²) >= 11 is 0. The molecule has 3 aromatic heterocycles. The van der Waals surface area contributed by atoms with Crippen molar-refractivity contribution in [3.63, 3.8) is 0 Å². The summed E-state index contributed by atoms with van der Waals surface area (Å²) in [6.45, 7) is 4.35. The maximum atomic E-state index is 12.5. The smallest absolute Gasteiger partial charge is 0.289 e. The van der Waals surface area contributed by atoms with E-state index < -0.39 is 0 Å². The van der Waals surface area contributed by atoms with E-state index in [1.54, 1.807) is 48.4 Å². The van der Waals surface area contributed by atoms with Gasteiger partial charge in [0.05, 0.1) is 19.1 Å². The van der Waals surface area contributed by atoms with Crippen molar-refractivity contribution in [3.05, 3.63) is 65.9 Å². The summed E-state index contributed by atoms with van der Waals surface area (Å²) in [6, 6.07) is 8.60. The second kappa shape index (κ2) is 8.17. The molecule has 0 spiro atoms. The van der Waals surface area contributed by atoms with Crippen LogP contribution in [0.3, 0.4) is 0 Å². The average molecular weight is 395 g/mol. The van der Waals surface area contributed by atoms with Crippen LogP contribution in [-0.2, 0) is 6.54 Å². The Hall–Kier alpha value is -3.62. The van der Waals surface area contributed by atoms with Crippen LogP contribution in [0, 0.1) is 6.92 Å². The number of piperazine rings is 1. The van der Waals surface area contributed by atoms with E-state index >= 15 is 0 Å². The van der Waals surface area contributed by atoms with Gasteiger partial charge in [-0.25, -0.2) is 9.97 Å². The summed E-state index contributed by atoms with van der Waals surface area (Å²) in [5.74, 6) is 1.78. The van der Waals surface area contributed by atoms with Gasteiger partial charge in [-0.3, -0.25) is 9.59 Å². The van der Waals surface area contributed by atoms with Crippen LogP contribution in [0.2, 0.25) is 0 Å². The van der Waals surface area contributed by atoms with E-state index in [1.807, 2.05) is 4.90 Å². The van der Waals surface area contributed by atoms with Crippen LogP contribution in [-0.4, -0.2) is 52.9 Å². The van der Waals surface area contributed by atoms with E-state index in [0.29, 0.717) is 55.0 Å². The molecule has 9 heteroatoms. The first-order chi connectivity index (χ1) is 14.1. The molecule has 1 fully saturated rings. The van der Waals surface area contributed by atoms with Gasteiger partial charge in [0, 0.05) is 32.2 Å². The molecule has 1 saturated heterocycles. The monoisotopic (exact) mass is 395 g/mol. The molecule has 1 aliphatic heterocycles. The maximum Gasteiger partial charge on any atom is 0.289 e. The van der Waals surface area contributed by atoms with Crippen molar-refractivity contribution in [1.29, 1.82) is 0 Å². The molecule has 0 atom stereocenters. The van der Waals surface area contributed by atoms with Crippen molar-refractivity contribution in [2.45, 2.75) is 13.5 Å². The van der Waals surface area contributed by atoms with Crippen LogP contribution in [0.4, 0.5) is 5.82 Å². The lowest BCUT2D eigenvalue weighted by atomic mass is 10.2. The van der Waals surface area contributed by atoms with Crippen molar-refractivity contribution in [2.75, 3.05) is 31.1 Å². The van der Waals surface area contributed by atoms with Gasteiger partial charge in [-0.05, 0) is 31.2 Å². The van der Waals surface area contributed by atoms with Crippen LogP contribution in [0.25, 0.3) is 0 Å². The highest BCUT2D eigenvalue weighted by molar-refractivity contribution is 5.93. The molecular weight excluding hydrogens is 374 g/mol. The number of furan rings is 2. The largest absolute Gasteiger partial charge is 0.467 e. The topological polar surface area (TPSA) is 105 Å². The molecule has 0 radical (unpaired) electrons. The normalized spacial score (nSPS) is 14.1. The molecule has 0 bridgehead atoms. The van der Waals surface area contributed by atoms with Crippen molar-refractivity contribution in [2.24, 2.45) is 0 Å². The Kier molecular flexibility index (Phi) is 5.28. The minimum atomic E-state index is -0.292.